The molecule has 1 aliphatic heterocycles. The molecule has 1 aromatic carbocycles. The van der Waals surface area contributed by atoms with E-state index in [1.54, 1.807) is 0 Å². The van der Waals surface area contributed by atoms with Gasteiger partial charge in [0.2, 0.25) is 10.0 Å². The van der Waals surface area contributed by atoms with Gasteiger partial charge in [-0.05, 0) is 18.2 Å². The Balaban J connectivity index is 2.24. The minimum Gasteiger partial charge on any atom is -0.433 e. The summed E-state index contributed by atoms with van der Waals surface area (Å²) in [5, 5.41) is -0.204. The first-order valence-corrected chi connectivity index (χ1v) is 8.22. The number of nitrogens with zero attached hydrogens (tertiary/aromatic N) is 1. The second kappa shape index (κ2) is 7.05. The number of halogens is 3. The van der Waals surface area contributed by atoms with E-state index in [0.717, 1.165) is 12.1 Å². The molecule has 0 aliphatic carbocycles. The molecule has 1 saturated heterocycles. The molecule has 2 rings (SSSR count). The van der Waals surface area contributed by atoms with Crippen LogP contribution in [0.4, 0.5) is 8.78 Å². The lowest BCUT2D eigenvalue weighted by molar-refractivity contribution is -0.0498. The molecular weight excluding hydrogens is 342 g/mol. The SMILES string of the molecule is NCC1CN(S(=O)(=O)c2ccc(OC(F)F)c(Cl)c2)CCO1. The van der Waals surface area contributed by atoms with Crippen molar-refractivity contribution in [3.05, 3.63) is 23.2 Å². The van der Waals surface area contributed by atoms with Crippen molar-refractivity contribution in [3.8, 4) is 5.75 Å². The van der Waals surface area contributed by atoms with E-state index in [0.29, 0.717) is 0 Å². The van der Waals surface area contributed by atoms with Crippen molar-refractivity contribution in [2.45, 2.75) is 17.6 Å². The van der Waals surface area contributed by atoms with Crippen LogP contribution < -0.4 is 10.5 Å². The highest BCUT2D eigenvalue weighted by molar-refractivity contribution is 7.89. The molecule has 22 heavy (non-hydrogen) atoms. The Bertz CT molecular complexity index is 630. The average Bonchev–Trinajstić information content (AvgIpc) is 2.49. The van der Waals surface area contributed by atoms with Crippen molar-refractivity contribution < 1.29 is 26.7 Å². The van der Waals surface area contributed by atoms with Crippen molar-refractivity contribution in [3.63, 3.8) is 0 Å². The first-order valence-electron chi connectivity index (χ1n) is 6.40. The Kier molecular flexibility index (Phi) is 5.56. The summed E-state index contributed by atoms with van der Waals surface area (Å²) in [6, 6.07) is 3.36. The molecule has 1 heterocycles. The third-order valence-electron chi connectivity index (χ3n) is 3.12. The summed E-state index contributed by atoms with van der Waals surface area (Å²) >= 11 is 5.79. The van der Waals surface area contributed by atoms with Gasteiger partial charge < -0.3 is 15.2 Å². The van der Waals surface area contributed by atoms with Crippen LogP contribution in [0.1, 0.15) is 0 Å². The van der Waals surface area contributed by atoms with Gasteiger partial charge in [0.05, 0.1) is 22.6 Å². The zero-order chi connectivity index (χ0) is 16.3. The van der Waals surface area contributed by atoms with Crippen LogP contribution in [0.3, 0.4) is 0 Å². The average molecular weight is 357 g/mol. The van der Waals surface area contributed by atoms with E-state index < -0.39 is 16.6 Å². The fourth-order valence-electron chi connectivity index (χ4n) is 2.04. The Hall–Kier alpha value is -1.00. The third kappa shape index (κ3) is 3.85. The van der Waals surface area contributed by atoms with Crippen LogP contribution in [-0.2, 0) is 14.8 Å². The van der Waals surface area contributed by atoms with Gasteiger partial charge in [0.1, 0.15) is 5.75 Å². The normalized spacial score (nSPS) is 20.3. The molecule has 1 aliphatic rings. The molecule has 10 heteroatoms. The Morgan fingerprint density at radius 3 is 2.82 bits per heavy atom. The van der Waals surface area contributed by atoms with Crippen molar-refractivity contribution in [2.75, 3.05) is 26.2 Å². The van der Waals surface area contributed by atoms with Gasteiger partial charge in [-0.1, -0.05) is 11.6 Å². The fourth-order valence-corrected chi connectivity index (χ4v) is 3.81. The molecular formula is C12H15ClF2N2O4S. The standard InChI is InChI=1S/C12H15ClF2N2O4S/c13-10-5-9(1-2-11(10)21-12(14)15)22(18,19)17-3-4-20-8(6-16)7-17/h1-2,5,8,12H,3-4,6-7,16H2. The Morgan fingerprint density at radius 1 is 1.50 bits per heavy atom. The maximum Gasteiger partial charge on any atom is 0.387 e. The largest absolute Gasteiger partial charge is 0.433 e. The highest BCUT2D eigenvalue weighted by atomic mass is 35.5. The summed E-state index contributed by atoms with van der Waals surface area (Å²) in [5.74, 6) is -0.280. The zero-order valence-electron chi connectivity index (χ0n) is 11.4. The number of nitrogens with two attached hydrogens (primary N) is 1. The van der Waals surface area contributed by atoms with Crippen LogP contribution >= 0.6 is 11.6 Å². The van der Waals surface area contributed by atoms with Crippen molar-refractivity contribution >= 4 is 21.6 Å². The minimum absolute atomic E-state index is 0.100. The second-order valence-corrected chi connectivity index (χ2v) is 6.91. The highest BCUT2D eigenvalue weighted by Gasteiger charge is 2.30. The molecule has 0 bridgehead atoms. The summed E-state index contributed by atoms with van der Waals surface area (Å²) in [6.45, 7) is -2.28. The van der Waals surface area contributed by atoms with E-state index in [1.807, 2.05) is 0 Å². The predicted molar refractivity (Wildman–Crippen MR) is 75.6 cm³/mol. The van der Waals surface area contributed by atoms with Crippen molar-refractivity contribution in [2.24, 2.45) is 5.73 Å². The number of ether oxygens (including phenoxy) is 2. The molecule has 6 nitrogen and oxygen atoms in total. The molecule has 2 N–H and O–H groups in total. The smallest absolute Gasteiger partial charge is 0.387 e. The van der Waals surface area contributed by atoms with E-state index in [2.05, 4.69) is 4.74 Å². The van der Waals surface area contributed by atoms with Gasteiger partial charge in [-0.3, -0.25) is 0 Å². The number of morpholine rings is 1. The van der Waals surface area contributed by atoms with Gasteiger partial charge in [-0.15, -0.1) is 0 Å². The van der Waals surface area contributed by atoms with E-state index in [1.165, 1.54) is 10.4 Å². The van der Waals surface area contributed by atoms with Crippen LogP contribution in [-0.4, -0.2) is 51.7 Å². The summed E-state index contributed by atoms with van der Waals surface area (Å²) in [7, 11) is -3.80. The molecule has 0 aromatic heterocycles. The number of benzene rings is 1. The van der Waals surface area contributed by atoms with Gasteiger partial charge in [0.25, 0.3) is 0 Å². The number of sulfonamides is 1. The summed E-state index contributed by atoms with van der Waals surface area (Å²) in [5.41, 5.74) is 5.48. The molecule has 1 unspecified atom stereocenters. The lowest BCUT2D eigenvalue weighted by atomic mass is 10.3. The van der Waals surface area contributed by atoms with Gasteiger partial charge in [0.15, 0.2) is 0 Å². The zero-order valence-corrected chi connectivity index (χ0v) is 13.0. The number of rotatable bonds is 5. The summed E-state index contributed by atoms with van der Waals surface area (Å²) in [6.07, 6.45) is -0.375. The lowest BCUT2D eigenvalue weighted by Crippen LogP contribution is -2.48. The number of hydrogen-bond donors (Lipinski definition) is 1. The first kappa shape index (κ1) is 17.4. The maximum atomic E-state index is 12.5. The van der Waals surface area contributed by atoms with Crippen LogP contribution in [0.15, 0.2) is 23.1 Å². The third-order valence-corrected chi connectivity index (χ3v) is 5.28. The topological polar surface area (TPSA) is 81.9 Å². The van der Waals surface area contributed by atoms with Crippen LogP contribution in [0, 0.1) is 0 Å². The molecule has 1 fully saturated rings. The number of hydrogen-bond acceptors (Lipinski definition) is 5. The second-order valence-electron chi connectivity index (χ2n) is 4.56. The van der Waals surface area contributed by atoms with Gasteiger partial charge in [0, 0.05) is 19.6 Å². The molecule has 0 radical (unpaired) electrons. The lowest BCUT2D eigenvalue weighted by Gasteiger charge is -2.31. The van der Waals surface area contributed by atoms with Crippen LogP contribution in [0.25, 0.3) is 0 Å². The highest BCUT2D eigenvalue weighted by Crippen LogP contribution is 2.30. The predicted octanol–water partition coefficient (Wildman–Crippen LogP) is 1.29. The Labute approximate surface area is 131 Å². The molecule has 0 saturated carbocycles. The van der Waals surface area contributed by atoms with Crippen LogP contribution in [0.5, 0.6) is 5.75 Å². The molecule has 0 spiro atoms. The van der Waals surface area contributed by atoms with Gasteiger partial charge in [-0.2, -0.15) is 13.1 Å². The van der Waals surface area contributed by atoms with E-state index in [9.17, 15) is 17.2 Å². The molecule has 1 atom stereocenters. The van der Waals surface area contributed by atoms with Gasteiger partial charge in [-0.25, -0.2) is 8.42 Å². The maximum absolute atomic E-state index is 12.5. The quantitative estimate of drug-likeness (QED) is 0.859. The van der Waals surface area contributed by atoms with Crippen molar-refractivity contribution in [1.82, 2.24) is 4.31 Å². The Morgan fingerprint density at radius 2 is 2.23 bits per heavy atom. The number of alkyl halides is 2. The molecule has 124 valence electrons. The van der Waals surface area contributed by atoms with E-state index >= 15 is 0 Å². The van der Waals surface area contributed by atoms with Gasteiger partial charge >= 0.3 is 6.61 Å². The van der Waals surface area contributed by atoms with E-state index in [4.69, 9.17) is 22.1 Å². The summed E-state index contributed by atoms with van der Waals surface area (Å²) < 4.78 is 60.1. The fraction of sp³-hybridized carbons (Fsp3) is 0.500. The molecule has 1 aromatic rings. The monoisotopic (exact) mass is 356 g/mol. The van der Waals surface area contributed by atoms with E-state index in [-0.39, 0.29) is 48.0 Å². The van der Waals surface area contributed by atoms with Crippen molar-refractivity contribution in [1.29, 1.82) is 0 Å². The van der Waals surface area contributed by atoms with Crippen LogP contribution in [0.2, 0.25) is 5.02 Å². The molecule has 0 amide bonds. The summed E-state index contributed by atoms with van der Waals surface area (Å²) in [4.78, 5) is -0.100. The first-order chi connectivity index (χ1) is 10.3. The minimum atomic E-state index is -3.80.